The number of carbonyl (C=O) groups is 1. The van der Waals surface area contributed by atoms with E-state index < -0.39 is 6.10 Å². The monoisotopic (exact) mass is 301 g/mol. The molecular formula is C18H20FNO2. The SMILES string of the molecule is CC(C)c1ccc(C(O)CNC(=O)c2ccc(F)cc2)cc1. The van der Waals surface area contributed by atoms with Gasteiger partial charge in [-0.3, -0.25) is 4.79 Å². The molecule has 4 heteroatoms. The molecule has 0 aliphatic heterocycles. The fraction of sp³-hybridized carbons (Fsp3) is 0.278. The van der Waals surface area contributed by atoms with Gasteiger partial charge in [0, 0.05) is 12.1 Å². The van der Waals surface area contributed by atoms with Gasteiger partial charge in [-0.15, -0.1) is 0 Å². The first-order chi connectivity index (χ1) is 10.5. The summed E-state index contributed by atoms with van der Waals surface area (Å²) in [5.74, 6) is -0.288. The fourth-order valence-electron chi connectivity index (χ4n) is 2.11. The van der Waals surface area contributed by atoms with Crippen LogP contribution in [0.2, 0.25) is 0 Å². The van der Waals surface area contributed by atoms with Gasteiger partial charge in [-0.25, -0.2) is 4.39 Å². The van der Waals surface area contributed by atoms with Crippen molar-refractivity contribution in [2.24, 2.45) is 0 Å². The van der Waals surface area contributed by atoms with Gasteiger partial charge < -0.3 is 10.4 Å². The summed E-state index contributed by atoms with van der Waals surface area (Å²) in [6, 6.07) is 13.0. The zero-order valence-corrected chi connectivity index (χ0v) is 12.7. The van der Waals surface area contributed by atoms with Crippen molar-refractivity contribution in [3.05, 3.63) is 71.0 Å². The molecule has 0 saturated carbocycles. The Morgan fingerprint density at radius 1 is 1.05 bits per heavy atom. The van der Waals surface area contributed by atoms with E-state index >= 15 is 0 Å². The smallest absolute Gasteiger partial charge is 0.251 e. The lowest BCUT2D eigenvalue weighted by molar-refractivity contribution is 0.0916. The summed E-state index contributed by atoms with van der Waals surface area (Å²) in [4.78, 5) is 11.9. The molecule has 1 atom stereocenters. The molecule has 0 saturated heterocycles. The van der Waals surface area contributed by atoms with E-state index in [1.807, 2.05) is 24.3 Å². The van der Waals surface area contributed by atoms with Gasteiger partial charge in [-0.05, 0) is 41.3 Å². The molecule has 2 N–H and O–H groups in total. The maximum atomic E-state index is 12.8. The third-order valence-corrected chi connectivity index (χ3v) is 3.55. The minimum atomic E-state index is -0.773. The largest absolute Gasteiger partial charge is 0.387 e. The fourth-order valence-corrected chi connectivity index (χ4v) is 2.11. The van der Waals surface area contributed by atoms with Crippen LogP contribution in [0.1, 0.15) is 47.4 Å². The number of nitrogens with one attached hydrogen (secondary N) is 1. The maximum Gasteiger partial charge on any atom is 0.251 e. The Morgan fingerprint density at radius 3 is 2.14 bits per heavy atom. The van der Waals surface area contributed by atoms with Crippen LogP contribution < -0.4 is 5.32 Å². The lowest BCUT2D eigenvalue weighted by atomic mass is 10.00. The minimum Gasteiger partial charge on any atom is -0.387 e. The van der Waals surface area contributed by atoms with Crippen molar-refractivity contribution in [3.8, 4) is 0 Å². The predicted octanol–water partition coefficient (Wildman–Crippen LogP) is 3.41. The van der Waals surface area contributed by atoms with Gasteiger partial charge in [0.2, 0.25) is 0 Å². The molecule has 116 valence electrons. The van der Waals surface area contributed by atoms with Crippen molar-refractivity contribution in [2.45, 2.75) is 25.9 Å². The lowest BCUT2D eigenvalue weighted by Gasteiger charge is -2.14. The molecule has 0 aliphatic rings. The number of hydrogen-bond acceptors (Lipinski definition) is 2. The Bertz CT molecular complexity index is 621. The van der Waals surface area contributed by atoms with Crippen molar-refractivity contribution < 1.29 is 14.3 Å². The summed E-state index contributed by atoms with van der Waals surface area (Å²) in [6.45, 7) is 4.32. The van der Waals surface area contributed by atoms with Crippen molar-refractivity contribution >= 4 is 5.91 Å². The quantitative estimate of drug-likeness (QED) is 0.889. The first-order valence-electron chi connectivity index (χ1n) is 7.29. The van der Waals surface area contributed by atoms with E-state index in [1.165, 1.54) is 29.8 Å². The molecule has 0 aromatic heterocycles. The summed E-state index contributed by atoms with van der Waals surface area (Å²) in [5.41, 5.74) is 2.32. The molecular weight excluding hydrogens is 281 g/mol. The van der Waals surface area contributed by atoms with E-state index in [4.69, 9.17) is 0 Å². The average molecular weight is 301 g/mol. The molecule has 1 amide bonds. The van der Waals surface area contributed by atoms with Crippen LogP contribution in [0.3, 0.4) is 0 Å². The molecule has 1 unspecified atom stereocenters. The van der Waals surface area contributed by atoms with Gasteiger partial charge in [0.05, 0.1) is 6.10 Å². The predicted molar refractivity (Wildman–Crippen MR) is 84.2 cm³/mol. The molecule has 2 aromatic rings. The molecule has 3 nitrogen and oxygen atoms in total. The summed E-state index contributed by atoms with van der Waals surface area (Å²) >= 11 is 0. The molecule has 0 spiro atoms. The number of carbonyl (C=O) groups excluding carboxylic acids is 1. The highest BCUT2D eigenvalue weighted by atomic mass is 19.1. The number of hydrogen-bond donors (Lipinski definition) is 2. The Hall–Kier alpha value is -2.20. The third kappa shape index (κ3) is 4.15. The van der Waals surface area contributed by atoms with Crippen LogP contribution in [-0.2, 0) is 0 Å². The van der Waals surface area contributed by atoms with Gasteiger partial charge in [0.25, 0.3) is 5.91 Å². The van der Waals surface area contributed by atoms with Crippen molar-refractivity contribution in [1.82, 2.24) is 5.32 Å². The zero-order valence-electron chi connectivity index (χ0n) is 12.7. The second-order valence-electron chi connectivity index (χ2n) is 5.55. The standard InChI is InChI=1S/C18H20FNO2/c1-12(2)13-3-5-14(6-4-13)17(21)11-20-18(22)15-7-9-16(19)10-8-15/h3-10,12,17,21H,11H2,1-2H3,(H,20,22). The van der Waals surface area contributed by atoms with Crippen molar-refractivity contribution in [2.75, 3.05) is 6.54 Å². The Morgan fingerprint density at radius 2 is 1.59 bits per heavy atom. The van der Waals surface area contributed by atoms with E-state index in [-0.39, 0.29) is 18.3 Å². The maximum absolute atomic E-state index is 12.8. The van der Waals surface area contributed by atoms with E-state index in [0.29, 0.717) is 11.5 Å². The molecule has 0 aliphatic carbocycles. The van der Waals surface area contributed by atoms with Crippen LogP contribution in [0.5, 0.6) is 0 Å². The first-order valence-corrected chi connectivity index (χ1v) is 7.29. The minimum absolute atomic E-state index is 0.108. The van der Waals surface area contributed by atoms with Crippen LogP contribution in [-0.4, -0.2) is 17.6 Å². The first kappa shape index (κ1) is 16.2. The topological polar surface area (TPSA) is 49.3 Å². The number of rotatable bonds is 5. The molecule has 2 rings (SSSR count). The summed E-state index contributed by atoms with van der Waals surface area (Å²) in [5, 5.41) is 12.8. The van der Waals surface area contributed by atoms with Crippen LogP contribution in [0, 0.1) is 5.82 Å². The van der Waals surface area contributed by atoms with Crippen LogP contribution >= 0.6 is 0 Å². The zero-order chi connectivity index (χ0) is 16.1. The lowest BCUT2D eigenvalue weighted by Crippen LogP contribution is -2.28. The number of aliphatic hydroxyl groups excluding tert-OH is 1. The molecule has 0 fully saturated rings. The van der Waals surface area contributed by atoms with E-state index in [9.17, 15) is 14.3 Å². The highest BCUT2D eigenvalue weighted by molar-refractivity contribution is 5.94. The van der Waals surface area contributed by atoms with E-state index in [0.717, 1.165) is 5.56 Å². The highest BCUT2D eigenvalue weighted by Crippen LogP contribution is 2.18. The normalized spacial score (nSPS) is 12.2. The number of halogens is 1. The van der Waals surface area contributed by atoms with Gasteiger partial charge >= 0.3 is 0 Å². The summed E-state index contributed by atoms with van der Waals surface area (Å²) in [7, 11) is 0. The second-order valence-corrected chi connectivity index (χ2v) is 5.55. The Balaban J connectivity index is 1.93. The van der Waals surface area contributed by atoms with E-state index in [1.54, 1.807) is 0 Å². The second kappa shape index (κ2) is 7.18. The van der Waals surface area contributed by atoms with Crippen LogP contribution in [0.25, 0.3) is 0 Å². The number of aliphatic hydroxyl groups is 1. The van der Waals surface area contributed by atoms with Gasteiger partial charge in [0.15, 0.2) is 0 Å². The van der Waals surface area contributed by atoms with E-state index in [2.05, 4.69) is 19.2 Å². The molecule has 22 heavy (non-hydrogen) atoms. The molecule has 0 radical (unpaired) electrons. The van der Waals surface area contributed by atoms with Crippen molar-refractivity contribution in [1.29, 1.82) is 0 Å². The average Bonchev–Trinajstić information content (AvgIpc) is 2.53. The number of benzene rings is 2. The van der Waals surface area contributed by atoms with Gasteiger partial charge in [0.1, 0.15) is 5.82 Å². The highest BCUT2D eigenvalue weighted by Gasteiger charge is 2.11. The number of amides is 1. The molecule has 0 heterocycles. The Kier molecular flexibility index (Phi) is 5.28. The van der Waals surface area contributed by atoms with Gasteiger partial charge in [-0.2, -0.15) is 0 Å². The third-order valence-electron chi connectivity index (χ3n) is 3.55. The van der Waals surface area contributed by atoms with Crippen LogP contribution in [0.15, 0.2) is 48.5 Å². The van der Waals surface area contributed by atoms with Crippen molar-refractivity contribution in [3.63, 3.8) is 0 Å². The summed E-state index contributed by atoms with van der Waals surface area (Å²) < 4.78 is 12.8. The Labute approximate surface area is 129 Å². The molecule has 2 aromatic carbocycles. The van der Waals surface area contributed by atoms with Crippen LogP contribution in [0.4, 0.5) is 4.39 Å². The summed E-state index contributed by atoms with van der Waals surface area (Å²) in [6.07, 6.45) is -0.773. The van der Waals surface area contributed by atoms with Gasteiger partial charge in [-0.1, -0.05) is 38.1 Å². The molecule has 0 bridgehead atoms.